The number of nitrogens with zero attached hydrogens (tertiary/aromatic N) is 1. The van der Waals surface area contributed by atoms with Crippen LogP contribution in [0, 0.1) is 5.92 Å². The largest absolute Gasteiger partial charge is 0.466 e. The molecule has 16 heavy (non-hydrogen) atoms. The Bertz CT molecular complexity index is 311. The van der Waals surface area contributed by atoms with Gasteiger partial charge in [0.2, 0.25) is 0 Å². The molecular formula is C12H19NO2S. The summed E-state index contributed by atoms with van der Waals surface area (Å²) in [6, 6.07) is 2.11. The topological polar surface area (TPSA) is 29.5 Å². The SMILES string of the molecule is CCOC(=O)C(C)CN(C)Cc1ccsc1. The average Bonchev–Trinajstić information content (AvgIpc) is 2.70. The Kier molecular flexibility index (Phi) is 5.49. The highest BCUT2D eigenvalue weighted by Gasteiger charge is 2.16. The molecule has 0 saturated carbocycles. The van der Waals surface area contributed by atoms with Crippen LogP contribution in [0.25, 0.3) is 0 Å². The first-order valence-electron chi connectivity index (χ1n) is 5.49. The molecule has 0 aliphatic rings. The minimum Gasteiger partial charge on any atom is -0.466 e. The third-order valence-electron chi connectivity index (χ3n) is 2.31. The summed E-state index contributed by atoms with van der Waals surface area (Å²) in [6.07, 6.45) is 0. The number of rotatable bonds is 6. The number of ether oxygens (including phenoxy) is 1. The fourth-order valence-corrected chi connectivity index (χ4v) is 2.25. The van der Waals surface area contributed by atoms with Crippen LogP contribution in [0.15, 0.2) is 16.8 Å². The van der Waals surface area contributed by atoms with Gasteiger partial charge in [-0.1, -0.05) is 6.92 Å². The zero-order valence-corrected chi connectivity index (χ0v) is 10.9. The number of carbonyl (C=O) groups excluding carboxylic acids is 1. The molecule has 1 rings (SSSR count). The Labute approximate surface area is 101 Å². The van der Waals surface area contributed by atoms with Crippen molar-refractivity contribution in [2.24, 2.45) is 5.92 Å². The molecule has 4 heteroatoms. The Morgan fingerprint density at radius 2 is 2.38 bits per heavy atom. The Morgan fingerprint density at radius 1 is 1.62 bits per heavy atom. The number of carbonyl (C=O) groups is 1. The summed E-state index contributed by atoms with van der Waals surface area (Å²) in [5.41, 5.74) is 1.29. The highest BCUT2D eigenvalue weighted by molar-refractivity contribution is 7.07. The first-order valence-corrected chi connectivity index (χ1v) is 6.44. The number of hydrogen-bond acceptors (Lipinski definition) is 4. The lowest BCUT2D eigenvalue weighted by atomic mass is 10.1. The van der Waals surface area contributed by atoms with Gasteiger partial charge in [-0.2, -0.15) is 11.3 Å². The zero-order chi connectivity index (χ0) is 12.0. The van der Waals surface area contributed by atoms with E-state index in [0.29, 0.717) is 6.61 Å². The molecule has 1 unspecified atom stereocenters. The normalized spacial score (nSPS) is 12.8. The molecule has 90 valence electrons. The number of thiophene rings is 1. The molecule has 0 fully saturated rings. The fourth-order valence-electron chi connectivity index (χ4n) is 1.59. The van der Waals surface area contributed by atoms with E-state index in [9.17, 15) is 4.79 Å². The monoisotopic (exact) mass is 241 g/mol. The van der Waals surface area contributed by atoms with Crippen LogP contribution in [0.1, 0.15) is 19.4 Å². The third-order valence-corrected chi connectivity index (χ3v) is 3.04. The molecule has 0 aliphatic heterocycles. The van der Waals surface area contributed by atoms with Gasteiger partial charge in [-0.15, -0.1) is 0 Å². The maximum atomic E-state index is 11.4. The summed E-state index contributed by atoms with van der Waals surface area (Å²) in [5, 5.41) is 4.20. The third kappa shape index (κ3) is 4.33. The molecule has 0 radical (unpaired) electrons. The van der Waals surface area contributed by atoms with E-state index >= 15 is 0 Å². The van der Waals surface area contributed by atoms with Crippen LogP contribution in [0.2, 0.25) is 0 Å². The molecule has 0 aromatic carbocycles. The van der Waals surface area contributed by atoms with Crippen molar-refractivity contribution in [3.05, 3.63) is 22.4 Å². The van der Waals surface area contributed by atoms with Crippen molar-refractivity contribution in [2.45, 2.75) is 20.4 Å². The highest BCUT2D eigenvalue weighted by atomic mass is 32.1. The van der Waals surface area contributed by atoms with Crippen molar-refractivity contribution in [2.75, 3.05) is 20.2 Å². The second-order valence-electron chi connectivity index (χ2n) is 3.98. The molecule has 3 nitrogen and oxygen atoms in total. The van der Waals surface area contributed by atoms with Crippen molar-refractivity contribution >= 4 is 17.3 Å². The number of esters is 1. The quantitative estimate of drug-likeness (QED) is 0.716. The van der Waals surface area contributed by atoms with Crippen molar-refractivity contribution < 1.29 is 9.53 Å². The molecule has 1 atom stereocenters. The molecule has 1 aromatic rings. The summed E-state index contributed by atoms with van der Waals surface area (Å²) >= 11 is 1.70. The minimum absolute atomic E-state index is 0.0661. The zero-order valence-electron chi connectivity index (χ0n) is 10.1. The van der Waals surface area contributed by atoms with Crippen molar-refractivity contribution in [1.29, 1.82) is 0 Å². The molecule has 0 saturated heterocycles. The minimum atomic E-state index is -0.111. The summed E-state index contributed by atoms with van der Waals surface area (Å²) in [5.74, 6) is -0.178. The molecule has 1 aromatic heterocycles. The van der Waals surface area contributed by atoms with Crippen molar-refractivity contribution in [3.63, 3.8) is 0 Å². The van der Waals surface area contributed by atoms with E-state index < -0.39 is 0 Å². The lowest BCUT2D eigenvalue weighted by Gasteiger charge is -2.19. The first kappa shape index (κ1) is 13.2. The lowest BCUT2D eigenvalue weighted by molar-refractivity contribution is -0.147. The standard InChI is InChI=1S/C12H19NO2S/c1-4-15-12(14)10(2)7-13(3)8-11-5-6-16-9-11/h5-6,9-10H,4,7-8H2,1-3H3. The van der Waals surface area contributed by atoms with Gasteiger partial charge in [-0.25, -0.2) is 0 Å². The second-order valence-corrected chi connectivity index (χ2v) is 4.76. The average molecular weight is 241 g/mol. The number of hydrogen-bond donors (Lipinski definition) is 0. The van der Waals surface area contributed by atoms with Gasteiger partial charge in [-0.3, -0.25) is 4.79 Å². The summed E-state index contributed by atoms with van der Waals surface area (Å²) < 4.78 is 4.98. The first-order chi connectivity index (χ1) is 7.63. The van der Waals surface area contributed by atoms with Crippen LogP contribution >= 0.6 is 11.3 Å². The van der Waals surface area contributed by atoms with Crippen LogP contribution in [-0.4, -0.2) is 31.1 Å². The van der Waals surface area contributed by atoms with Crippen LogP contribution < -0.4 is 0 Å². The maximum Gasteiger partial charge on any atom is 0.309 e. The summed E-state index contributed by atoms with van der Waals surface area (Å²) in [4.78, 5) is 13.6. The van der Waals surface area contributed by atoms with Gasteiger partial charge in [0.05, 0.1) is 12.5 Å². The Balaban J connectivity index is 2.33. The van der Waals surface area contributed by atoms with Gasteiger partial charge in [0.1, 0.15) is 0 Å². The van der Waals surface area contributed by atoms with E-state index in [-0.39, 0.29) is 11.9 Å². The van der Waals surface area contributed by atoms with Crippen LogP contribution in [0.4, 0.5) is 0 Å². The molecule has 0 amide bonds. The van der Waals surface area contributed by atoms with Gasteiger partial charge in [0, 0.05) is 13.1 Å². The van der Waals surface area contributed by atoms with Crippen LogP contribution in [0.5, 0.6) is 0 Å². The highest BCUT2D eigenvalue weighted by Crippen LogP contribution is 2.10. The van der Waals surface area contributed by atoms with E-state index in [0.717, 1.165) is 13.1 Å². The van der Waals surface area contributed by atoms with Crippen molar-refractivity contribution in [1.82, 2.24) is 4.90 Å². The Morgan fingerprint density at radius 3 is 2.94 bits per heavy atom. The fraction of sp³-hybridized carbons (Fsp3) is 0.583. The van der Waals surface area contributed by atoms with E-state index in [1.807, 2.05) is 20.9 Å². The molecule has 0 bridgehead atoms. The Hall–Kier alpha value is -0.870. The van der Waals surface area contributed by atoms with E-state index in [1.54, 1.807) is 11.3 Å². The van der Waals surface area contributed by atoms with E-state index in [1.165, 1.54) is 5.56 Å². The van der Waals surface area contributed by atoms with Gasteiger partial charge in [-0.05, 0) is 36.4 Å². The van der Waals surface area contributed by atoms with Gasteiger partial charge >= 0.3 is 5.97 Å². The van der Waals surface area contributed by atoms with Crippen LogP contribution in [-0.2, 0) is 16.1 Å². The molecule has 0 spiro atoms. The predicted molar refractivity (Wildman–Crippen MR) is 66.5 cm³/mol. The molecule has 0 aliphatic carbocycles. The molecule has 0 N–H and O–H groups in total. The van der Waals surface area contributed by atoms with Gasteiger partial charge < -0.3 is 9.64 Å². The van der Waals surface area contributed by atoms with Crippen LogP contribution in [0.3, 0.4) is 0 Å². The maximum absolute atomic E-state index is 11.4. The molecular weight excluding hydrogens is 222 g/mol. The summed E-state index contributed by atoms with van der Waals surface area (Å²) in [7, 11) is 2.02. The smallest absolute Gasteiger partial charge is 0.309 e. The summed E-state index contributed by atoms with van der Waals surface area (Å²) in [6.45, 7) is 5.81. The molecule has 1 heterocycles. The van der Waals surface area contributed by atoms with Crippen molar-refractivity contribution in [3.8, 4) is 0 Å². The van der Waals surface area contributed by atoms with E-state index in [4.69, 9.17) is 4.74 Å². The van der Waals surface area contributed by atoms with E-state index in [2.05, 4.69) is 21.7 Å². The second kappa shape index (κ2) is 6.66. The predicted octanol–water partition coefficient (Wildman–Crippen LogP) is 2.38. The lowest BCUT2D eigenvalue weighted by Crippen LogP contribution is -2.29. The van der Waals surface area contributed by atoms with Gasteiger partial charge in [0.25, 0.3) is 0 Å². The van der Waals surface area contributed by atoms with Gasteiger partial charge in [0.15, 0.2) is 0 Å².